The molecule has 13 heavy (non-hydrogen) atoms. The summed E-state index contributed by atoms with van der Waals surface area (Å²) in [5, 5.41) is 8.64. The zero-order valence-electron chi connectivity index (χ0n) is 8.03. The number of nitrogens with zero attached hydrogens (tertiary/aromatic N) is 1. The fourth-order valence-electron chi connectivity index (χ4n) is 1.48. The zero-order chi connectivity index (χ0) is 9.68. The molecule has 4 nitrogen and oxygen atoms in total. The molecular formula is C9H17NO3. The van der Waals surface area contributed by atoms with E-state index < -0.39 is 0 Å². The van der Waals surface area contributed by atoms with E-state index in [2.05, 4.69) is 0 Å². The minimum Gasteiger partial charge on any atom is -0.396 e. The first kappa shape index (κ1) is 10.5. The number of amides is 1. The Kier molecular flexibility index (Phi) is 4.18. The van der Waals surface area contributed by atoms with Gasteiger partial charge in [0, 0.05) is 19.7 Å². The van der Waals surface area contributed by atoms with Gasteiger partial charge in [-0.25, -0.2) is 0 Å². The first-order valence-corrected chi connectivity index (χ1v) is 4.78. The van der Waals surface area contributed by atoms with Gasteiger partial charge in [-0.2, -0.15) is 0 Å². The van der Waals surface area contributed by atoms with E-state index in [4.69, 9.17) is 9.84 Å². The van der Waals surface area contributed by atoms with Gasteiger partial charge in [-0.1, -0.05) is 0 Å². The molecule has 0 aromatic carbocycles. The maximum atomic E-state index is 11.2. The Morgan fingerprint density at radius 2 is 2.46 bits per heavy atom. The van der Waals surface area contributed by atoms with E-state index in [9.17, 15) is 4.79 Å². The number of carbonyl (C=O) groups excluding carboxylic acids is 1. The average Bonchev–Trinajstić information content (AvgIpc) is 2.16. The van der Waals surface area contributed by atoms with Gasteiger partial charge in [0.1, 0.15) is 6.61 Å². The zero-order valence-corrected chi connectivity index (χ0v) is 8.03. The number of likely N-dealkylation sites (N-methyl/N-ethyl adjacent to an activating group) is 1. The molecule has 76 valence electrons. The lowest BCUT2D eigenvalue weighted by molar-refractivity contribution is -0.148. The van der Waals surface area contributed by atoms with Crippen LogP contribution in [0.5, 0.6) is 0 Å². The van der Waals surface area contributed by atoms with E-state index in [1.807, 2.05) is 6.92 Å². The number of hydrogen-bond donors (Lipinski definition) is 1. The number of aliphatic hydroxyl groups is 1. The molecular weight excluding hydrogens is 170 g/mol. The number of rotatable bonds is 4. The van der Waals surface area contributed by atoms with E-state index in [1.54, 1.807) is 4.90 Å². The van der Waals surface area contributed by atoms with Gasteiger partial charge in [0.2, 0.25) is 5.91 Å². The first-order chi connectivity index (χ1) is 6.27. The molecule has 0 aliphatic carbocycles. The molecule has 1 rings (SSSR count). The predicted molar refractivity (Wildman–Crippen MR) is 48.3 cm³/mol. The van der Waals surface area contributed by atoms with Crippen molar-refractivity contribution in [2.75, 3.05) is 26.3 Å². The summed E-state index contributed by atoms with van der Waals surface area (Å²) < 4.78 is 5.32. The highest BCUT2D eigenvalue weighted by atomic mass is 16.5. The Hall–Kier alpha value is -0.610. The van der Waals surface area contributed by atoms with Crippen molar-refractivity contribution in [2.24, 2.45) is 0 Å². The molecule has 0 bridgehead atoms. The number of ether oxygens (including phenoxy) is 1. The van der Waals surface area contributed by atoms with Crippen LogP contribution in [0.3, 0.4) is 0 Å². The third kappa shape index (κ3) is 2.97. The number of hydrogen-bond acceptors (Lipinski definition) is 3. The van der Waals surface area contributed by atoms with Gasteiger partial charge in [-0.15, -0.1) is 0 Å². The topological polar surface area (TPSA) is 49.8 Å². The van der Waals surface area contributed by atoms with E-state index in [-0.39, 0.29) is 25.2 Å². The second-order valence-electron chi connectivity index (χ2n) is 3.23. The third-order valence-corrected chi connectivity index (χ3v) is 2.29. The molecule has 1 N–H and O–H groups in total. The normalized spacial score (nSPS) is 23.7. The number of morpholine rings is 1. The maximum absolute atomic E-state index is 11.2. The Morgan fingerprint density at radius 1 is 1.69 bits per heavy atom. The number of carbonyl (C=O) groups is 1. The summed E-state index contributed by atoms with van der Waals surface area (Å²) in [5.41, 5.74) is 0. The molecule has 1 aliphatic heterocycles. The SMILES string of the molecule is CCN1CC(CCCO)OCC1=O. The van der Waals surface area contributed by atoms with Crippen LogP contribution in [-0.2, 0) is 9.53 Å². The van der Waals surface area contributed by atoms with Crippen molar-refractivity contribution in [3.63, 3.8) is 0 Å². The Morgan fingerprint density at radius 3 is 3.08 bits per heavy atom. The highest BCUT2D eigenvalue weighted by Crippen LogP contribution is 2.10. The van der Waals surface area contributed by atoms with E-state index in [0.29, 0.717) is 6.54 Å². The van der Waals surface area contributed by atoms with Gasteiger partial charge in [0.15, 0.2) is 0 Å². The summed E-state index contributed by atoms with van der Waals surface area (Å²) >= 11 is 0. The Balaban J connectivity index is 2.31. The molecule has 4 heteroatoms. The smallest absolute Gasteiger partial charge is 0.248 e. The molecule has 1 atom stereocenters. The highest BCUT2D eigenvalue weighted by Gasteiger charge is 2.24. The van der Waals surface area contributed by atoms with Crippen molar-refractivity contribution in [1.29, 1.82) is 0 Å². The molecule has 0 saturated carbocycles. The van der Waals surface area contributed by atoms with Crippen LogP contribution in [0.2, 0.25) is 0 Å². The van der Waals surface area contributed by atoms with E-state index in [1.165, 1.54) is 0 Å². The average molecular weight is 187 g/mol. The van der Waals surface area contributed by atoms with Crippen molar-refractivity contribution in [3.05, 3.63) is 0 Å². The van der Waals surface area contributed by atoms with Gasteiger partial charge < -0.3 is 14.7 Å². The summed E-state index contributed by atoms with van der Waals surface area (Å²) in [6.07, 6.45) is 1.70. The molecule has 0 radical (unpaired) electrons. The molecule has 0 spiro atoms. The Labute approximate surface area is 78.5 Å². The summed E-state index contributed by atoms with van der Waals surface area (Å²) in [7, 11) is 0. The van der Waals surface area contributed by atoms with Crippen molar-refractivity contribution < 1.29 is 14.6 Å². The lowest BCUT2D eigenvalue weighted by atomic mass is 10.1. The van der Waals surface area contributed by atoms with Gasteiger partial charge >= 0.3 is 0 Å². The summed E-state index contributed by atoms with van der Waals surface area (Å²) in [5.74, 6) is 0.0720. The fourth-order valence-corrected chi connectivity index (χ4v) is 1.48. The molecule has 1 aliphatic rings. The van der Waals surface area contributed by atoms with Crippen LogP contribution in [0.1, 0.15) is 19.8 Å². The van der Waals surface area contributed by atoms with Crippen LogP contribution in [0, 0.1) is 0 Å². The highest BCUT2D eigenvalue weighted by molar-refractivity contribution is 5.78. The third-order valence-electron chi connectivity index (χ3n) is 2.29. The van der Waals surface area contributed by atoms with Crippen molar-refractivity contribution in [2.45, 2.75) is 25.9 Å². The lowest BCUT2D eigenvalue weighted by Gasteiger charge is -2.31. The van der Waals surface area contributed by atoms with E-state index >= 15 is 0 Å². The predicted octanol–water partition coefficient (Wildman–Crippen LogP) is 0.00620. The van der Waals surface area contributed by atoms with Crippen LogP contribution >= 0.6 is 0 Å². The summed E-state index contributed by atoms with van der Waals surface area (Å²) in [6.45, 7) is 3.78. The van der Waals surface area contributed by atoms with Gasteiger partial charge in [0.05, 0.1) is 6.10 Å². The van der Waals surface area contributed by atoms with Crippen molar-refractivity contribution >= 4 is 5.91 Å². The van der Waals surface area contributed by atoms with Crippen LogP contribution in [0.15, 0.2) is 0 Å². The summed E-state index contributed by atoms with van der Waals surface area (Å²) in [6, 6.07) is 0. The van der Waals surface area contributed by atoms with Crippen LogP contribution in [-0.4, -0.2) is 48.3 Å². The molecule has 1 saturated heterocycles. The maximum Gasteiger partial charge on any atom is 0.248 e. The molecule has 1 heterocycles. The minimum atomic E-state index is 0.0720. The van der Waals surface area contributed by atoms with Crippen molar-refractivity contribution in [3.8, 4) is 0 Å². The molecule has 1 amide bonds. The summed E-state index contributed by atoms with van der Waals surface area (Å²) in [4.78, 5) is 13.0. The monoisotopic (exact) mass is 187 g/mol. The van der Waals surface area contributed by atoms with E-state index in [0.717, 1.165) is 19.4 Å². The largest absolute Gasteiger partial charge is 0.396 e. The second-order valence-corrected chi connectivity index (χ2v) is 3.23. The van der Waals surface area contributed by atoms with Gasteiger partial charge in [0.25, 0.3) is 0 Å². The minimum absolute atomic E-state index is 0.0720. The second kappa shape index (κ2) is 5.19. The van der Waals surface area contributed by atoms with Gasteiger partial charge in [-0.05, 0) is 19.8 Å². The van der Waals surface area contributed by atoms with Crippen LogP contribution < -0.4 is 0 Å². The molecule has 0 aromatic rings. The lowest BCUT2D eigenvalue weighted by Crippen LogP contribution is -2.46. The van der Waals surface area contributed by atoms with Gasteiger partial charge in [-0.3, -0.25) is 4.79 Å². The number of aliphatic hydroxyl groups excluding tert-OH is 1. The molecule has 1 unspecified atom stereocenters. The van der Waals surface area contributed by atoms with Crippen LogP contribution in [0.25, 0.3) is 0 Å². The molecule has 1 fully saturated rings. The van der Waals surface area contributed by atoms with Crippen LogP contribution in [0.4, 0.5) is 0 Å². The Bertz CT molecular complexity index is 172. The van der Waals surface area contributed by atoms with Crippen molar-refractivity contribution in [1.82, 2.24) is 4.90 Å². The first-order valence-electron chi connectivity index (χ1n) is 4.78. The molecule has 0 aromatic heterocycles. The standard InChI is InChI=1S/C9H17NO3/c1-2-10-6-8(4-3-5-11)13-7-9(10)12/h8,11H,2-7H2,1H3. The fraction of sp³-hybridized carbons (Fsp3) is 0.889. The quantitative estimate of drug-likeness (QED) is 0.674.